The van der Waals surface area contributed by atoms with Crippen LogP contribution in [0, 0.1) is 0 Å². The van der Waals surface area contributed by atoms with E-state index in [0.717, 1.165) is 56.7 Å². The Labute approximate surface area is 171 Å². The first-order chi connectivity index (χ1) is 12.4. The second-order valence-electron chi connectivity index (χ2n) is 5.86. The van der Waals surface area contributed by atoms with E-state index < -0.39 is 0 Å². The molecule has 0 atom stereocenters. The molecule has 0 amide bonds. The predicted octanol–water partition coefficient (Wildman–Crippen LogP) is 1.70. The summed E-state index contributed by atoms with van der Waals surface area (Å²) in [6.07, 6.45) is 5.96. The molecule has 2 N–H and O–H groups in total. The fourth-order valence-corrected chi connectivity index (χ4v) is 2.85. The van der Waals surface area contributed by atoms with Crippen molar-refractivity contribution in [1.82, 2.24) is 20.2 Å². The molecule has 0 aromatic carbocycles. The van der Waals surface area contributed by atoms with E-state index in [2.05, 4.69) is 48.5 Å². The molecule has 26 heavy (non-hydrogen) atoms. The summed E-state index contributed by atoms with van der Waals surface area (Å²) in [5, 5.41) is 6.72. The van der Waals surface area contributed by atoms with Gasteiger partial charge in [0.2, 0.25) is 0 Å². The molecule has 0 bridgehead atoms. The molecule has 7 nitrogen and oxygen atoms in total. The van der Waals surface area contributed by atoms with Gasteiger partial charge in [-0.25, -0.2) is 4.98 Å². The Balaban J connectivity index is 0.00000243. The van der Waals surface area contributed by atoms with Crippen molar-refractivity contribution in [3.63, 3.8) is 0 Å². The first kappa shape index (κ1) is 20.5. The number of pyridine rings is 1. The van der Waals surface area contributed by atoms with E-state index in [-0.39, 0.29) is 24.0 Å². The van der Waals surface area contributed by atoms with Crippen LogP contribution in [0.4, 0.5) is 5.82 Å². The number of nitrogens with zero attached hydrogens (tertiary/aromatic N) is 4. The molecule has 0 saturated carbocycles. The lowest BCUT2D eigenvalue weighted by Crippen LogP contribution is -2.40. The molecule has 1 aliphatic heterocycles. The van der Waals surface area contributed by atoms with E-state index in [1.54, 1.807) is 7.05 Å². The minimum absolute atomic E-state index is 0. The van der Waals surface area contributed by atoms with Crippen LogP contribution in [0.3, 0.4) is 0 Å². The molecule has 0 radical (unpaired) electrons. The van der Waals surface area contributed by atoms with Crippen molar-refractivity contribution in [2.75, 3.05) is 44.8 Å². The summed E-state index contributed by atoms with van der Waals surface area (Å²) in [4.78, 5) is 11.1. The first-order valence-corrected chi connectivity index (χ1v) is 8.68. The molecule has 8 heteroatoms. The van der Waals surface area contributed by atoms with Gasteiger partial charge in [0, 0.05) is 63.9 Å². The van der Waals surface area contributed by atoms with E-state index in [4.69, 9.17) is 4.74 Å². The zero-order chi connectivity index (χ0) is 17.3. The second-order valence-corrected chi connectivity index (χ2v) is 5.86. The Morgan fingerprint density at radius 1 is 1.19 bits per heavy atom. The summed E-state index contributed by atoms with van der Waals surface area (Å²) in [6.45, 7) is 5.68. The second kappa shape index (κ2) is 11.0. The monoisotopic (exact) mass is 470 g/mol. The number of rotatable bonds is 6. The van der Waals surface area contributed by atoms with Crippen LogP contribution in [0.2, 0.25) is 0 Å². The number of morpholine rings is 1. The van der Waals surface area contributed by atoms with Crippen LogP contribution in [0.5, 0.6) is 0 Å². The first-order valence-electron chi connectivity index (χ1n) is 8.68. The average molecular weight is 470 g/mol. The van der Waals surface area contributed by atoms with E-state index in [1.165, 1.54) is 0 Å². The molecule has 1 aliphatic rings. The molecule has 0 spiro atoms. The van der Waals surface area contributed by atoms with E-state index in [1.807, 2.05) is 24.4 Å². The number of aromatic nitrogens is 2. The van der Waals surface area contributed by atoms with E-state index in [0.29, 0.717) is 6.54 Å². The lowest BCUT2D eigenvalue weighted by molar-refractivity contribution is 0.122. The third kappa shape index (κ3) is 5.87. The number of halogens is 1. The molecule has 3 heterocycles. The maximum absolute atomic E-state index is 5.44. The van der Waals surface area contributed by atoms with E-state index in [9.17, 15) is 0 Å². The van der Waals surface area contributed by atoms with Gasteiger partial charge in [-0.3, -0.25) is 4.99 Å². The molecule has 2 aromatic rings. The molecular formula is C18H27IN6O. The summed E-state index contributed by atoms with van der Waals surface area (Å²) in [5.41, 5.74) is 1.16. The van der Waals surface area contributed by atoms with Crippen LogP contribution in [-0.2, 0) is 17.8 Å². The van der Waals surface area contributed by atoms with Crippen molar-refractivity contribution in [2.24, 2.45) is 4.99 Å². The number of hydrogen-bond acceptors (Lipinski definition) is 4. The highest BCUT2D eigenvalue weighted by Gasteiger charge is 2.15. The molecule has 0 unspecified atom stereocenters. The topological polar surface area (TPSA) is 66.7 Å². The number of nitrogens with one attached hydrogen (secondary N) is 2. The normalized spacial score (nSPS) is 14.7. The highest BCUT2D eigenvalue weighted by Crippen LogP contribution is 2.18. The maximum Gasteiger partial charge on any atom is 0.191 e. The molecule has 1 fully saturated rings. The average Bonchev–Trinajstić information content (AvgIpc) is 3.19. The zero-order valence-electron chi connectivity index (χ0n) is 15.1. The molecule has 2 aromatic heterocycles. The highest BCUT2D eigenvalue weighted by atomic mass is 127. The lowest BCUT2D eigenvalue weighted by Gasteiger charge is -2.29. The van der Waals surface area contributed by atoms with Gasteiger partial charge < -0.3 is 24.8 Å². The smallest absolute Gasteiger partial charge is 0.191 e. The molecule has 0 aliphatic carbocycles. The van der Waals surface area contributed by atoms with Crippen LogP contribution in [-0.4, -0.2) is 55.4 Å². The SMILES string of the molecule is CN=C(NCCn1cccc1)NCc1cccnc1N1CCOCC1.I. The summed E-state index contributed by atoms with van der Waals surface area (Å²) in [7, 11) is 1.79. The standard InChI is InChI=1S/C18H26N6O.HI/c1-19-18(21-7-10-23-8-2-3-9-23)22-15-16-5-4-6-20-17(16)24-11-13-25-14-12-24;/h2-6,8-9H,7,10-15H2,1H3,(H2,19,21,22);1H. The van der Waals surface area contributed by atoms with Gasteiger partial charge in [0.05, 0.1) is 13.2 Å². The summed E-state index contributed by atoms with van der Waals surface area (Å²) in [5.74, 6) is 1.82. The third-order valence-corrected chi connectivity index (χ3v) is 4.18. The number of aliphatic imine (C=N–C) groups is 1. The van der Waals surface area contributed by atoms with Gasteiger partial charge in [0.15, 0.2) is 5.96 Å². The van der Waals surface area contributed by atoms with Crippen LogP contribution >= 0.6 is 24.0 Å². The van der Waals surface area contributed by atoms with Crippen molar-refractivity contribution in [2.45, 2.75) is 13.1 Å². The third-order valence-electron chi connectivity index (χ3n) is 4.18. The van der Waals surface area contributed by atoms with Crippen molar-refractivity contribution >= 4 is 35.8 Å². The van der Waals surface area contributed by atoms with Gasteiger partial charge in [-0.05, 0) is 18.2 Å². The van der Waals surface area contributed by atoms with Crippen LogP contribution < -0.4 is 15.5 Å². The summed E-state index contributed by atoms with van der Waals surface area (Å²) >= 11 is 0. The van der Waals surface area contributed by atoms with Gasteiger partial charge in [-0.1, -0.05) is 6.07 Å². The number of guanidine groups is 1. The largest absolute Gasteiger partial charge is 0.378 e. The van der Waals surface area contributed by atoms with Crippen molar-refractivity contribution in [3.05, 3.63) is 48.4 Å². The Hall–Kier alpha value is -1.81. The van der Waals surface area contributed by atoms with E-state index >= 15 is 0 Å². The Morgan fingerprint density at radius 3 is 2.69 bits per heavy atom. The molecule has 1 saturated heterocycles. The lowest BCUT2D eigenvalue weighted by atomic mass is 10.2. The molecular weight excluding hydrogens is 443 g/mol. The minimum atomic E-state index is 0. The Morgan fingerprint density at radius 2 is 1.96 bits per heavy atom. The van der Waals surface area contributed by atoms with Crippen LogP contribution in [0.15, 0.2) is 47.8 Å². The van der Waals surface area contributed by atoms with Gasteiger partial charge in [0.25, 0.3) is 0 Å². The van der Waals surface area contributed by atoms with Gasteiger partial charge in [0.1, 0.15) is 5.82 Å². The van der Waals surface area contributed by atoms with Crippen molar-refractivity contribution in [1.29, 1.82) is 0 Å². The highest BCUT2D eigenvalue weighted by molar-refractivity contribution is 14.0. The quantitative estimate of drug-likeness (QED) is 0.383. The fourth-order valence-electron chi connectivity index (χ4n) is 2.85. The predicted molar refractivity (Wildman–Crippen MR) is 115 cm³/mol. The number of hydrogen-bond donors (Lipinski definition) is 2. The summed E-state index contributed by atoms with van der Waals surface area (Å²) < 4.78 is 7.57. The van der Waals surface area contributed by atoms with Gasteiger partial charge >= 0.3 is 0 Å². The van der Waals surface area contributed by atoms with Crippen LogP contribution in [0.1, 0.15) is 5.56 Å². The summed E-state index contributed by atoms with van der Waals surface area (Å²) in [6, 6.07) is 8.15. The maximum atomic E-state index is 5.44. The van der Waals surface area contributed by atoms with Crippen molar-refractivity contribution in [3.8, 4) is 0 Å². The van der Waals surface area contributed by atoms with Crippen molar-refractivity contribution < 1.29 is 4.74 Å². The minimum Gasteiger partial charge on any atom is -0.378 e. The number of anilines is 1. The van der Waals surface area contributed by atoms with Crippen LogP contribution in [0.25, 0.3) is 0 Å². The molecule has 3 rings (SSSR count). The Bertz CT molecular complexity index is 670. The number of ether oxygens (including phenoxy) is 1. The molecule has 142 valence electrons. The van der Waals surface area contributed by atoms with Gasteiger partial charge in [-0.15, -0.1) is 24.0 Å². The zero-order valence-corrected chi connectivity index (χ0v) is 17.4. The van der Waals surface area contributed by atoms with Gasteiger partial charge in [-0.2, -0.15) is 0 Å². The fraction of sp³-hybridized carbons (Fsp3) is 0.444. The Kier molecular flexibility index (Phi) is 8.69.